The van der Waals surface area contributed by atoms with E-state index in [1.165, 1.54) is 0 Å². The van der Waals surface area contributed by atoms with E-state index in [0.717, 1.165) is 29.5 Å². The molecule has 0 heterocycles. The minimum absolute atomic E-state index is 0.269. The minimum Gasteiger partial charge on any atom is -0.493 e. The zero-order valence-corrected chi connectivity index (χ0v) is 19.8. The SMILES string of the molecule is CCCCN(Cc1ccc(OCc2ccccc2)c(OC)c1)S(=O)(=O)c1ccc(C)cc1. The van der Waals surface area contributed by atoms with E-state index >= 15 is 0 Å². The fourth-order valence-electron chi connectivity index (χ4n) is 3.35. The van der Waals surface area contributed by atoms with Gasteiger partial charge >= 0.3 is 0 Å². The number of unbranched alkanes of at least 4 members (excludes halogenated alkanes) is 1. The van der Waals surface area contributed by atoms with Gasteiger partial charge in [0.25, 0.3) is 0 Å². The van der Waals surface area contributed by atoms with Gasteiger partial charge in [-0.25, -0.2) is 8.42 Å². The number of rotatable bonds is 11. The molecule has 0 N–H and O–H groups in total. The smallest absolute Gasteiger partial charge is 0.243 e. The van der Waals surface area contributed by atoms with E-state index in [4.69, 9.17) is 9.47 Å². The molecule has 0 bridgehead atoms. The molecule has 170 valence electrons. The van der Waals surface area contributed by atoms with Crippen molar-refractivity contribution in [2.45, 2.75) is 44.7 Å². The molecular formula is C26H31NO4S. The lowest BCUT2D eigenvalue weighted by atomic mass is 10.2. The summed E-state index contributed by atoms with van der Waals surface area (Å²) in [5.41, 5.74) is 2.94. The van der Waals surface area contributed by atoms with Gasteiger partial charge in [0.2, 0.25) is 10.0 Å². The first-order valence-electron chi connectivity index (χ1n) is 10.8. The number of hydrogen-bond acceptors (Lipinski definition) is 4. The van der Waals surface area contributed by atoms with E-state index in [0.29, 0.717) is 29.5 Å². The average molecular weight is 454 g/mol. The Balaban J connectivity index is 1.80. The number of benzene rings is 3. The fraction of sp³-hybridized carbons (Fsp3) is 0.308. The van der Waals surface area contributed by atoms with Crippen molar-refractivity contribution in [2.75, 3.05) is 13.7 Å². The van der Waals surface area contributed by atoms with Gasteiger partial charge in [-0.3, -0.25) is 0 Å². The highest BCUT2D eigenvalue weighted by Crippen LogP contribution is 2.30. The normalized spacial score (nSPS) is 11.5. The van der Waals surface area contributed by atoms with Crippen LogP contribution in [0.25, 0.3) is 0 Å². The second-order valence-electron chi connectivity index (χ2n) is 7.76. The molecule has 0 radical (unpaired) electrons. The van der Waals surface area contributed by atoms with Gasteiger partial charge in [0.1, 0.15) is 6.61 Å². The van der Waals surface area contributed by atoms with Gasteiger partial charge in [-0.15, -0.1) is 0 Å². The molecule has 6 heteroatoms. The molecule has 0 atom stereocenters. The highest BCUT2D eigenvalue weighted by molar-refractivity contribution is 7.89. The summed E-state index contributed by atoms with van der Waals surface area (Å²) in [6.45, 7) is 5.16. The summed E-state index contributed by atoms with van der Waals surface area (Å²) < 4.78 is 39.6. The van der Waals surface area contributed by atoms with Crippen molar-refractivity contribution in [2.24, 2.45) is 0 Å². The highest BCUT2D eigenvalue weighted by atomic mass is 32.2. The zero-order valence-electron chi connectivity index (χ0n) is 19.0. The summed E-state index contributed by atoms with van der Waals surface area (Å²) in [6, 6.07) is 22.5. The molecule has 3 rings (SSSR count). The Morgan fingerprint density at radius 2 is 1.59 bits per heavy atom. The lowest BCUT2D eigenvalue weighted by Crippen LogP contribution is -2.31. The van der Waals surface area contributed by atoms with Crippen molar-refractivity contribution in [3.63, 3.8) is 0 Å². The van der Waals surface area contributed by atoms with Gasteiger partial charge in [-0.2, -0.15) is 4.31 Å². The van der Waals surface area contributed by atoms with Crippen LogP contribution in [0.3, 0.4) is 0 Å². The number of sulfonamides is 1. The Labute approximate surface area is 191 Å². The van der Waals surface area contributed by atoms with Crippen LogP contribution in [0.1, 0.15) is 36.5 Å². The maximum atomic E-state index is 13.3. The molecule has 5 nitrogen and oxygen atoms in total. The van der Waals surface area contributed by atoms with E-state index in [9.17, 15) is 8.42 Å². The third kappa shape index (κ3) is 6.11. The first-order valence-corrected chi connectivity index (χ1v) is 12.3. The fourth-order valence-corrected chi connectivity index (χ4v) is 4.81. The molecule has 3 aromatic carbocycles. The van der Waals surface area contributed by atoms with Crippen LogP contribution in [0.2, 0.25) is 0 Å². The van der Waals surface area contributed by atoms with Gasteiger partial charge < -0.3 is 9.47 Å². The van der Waals surface area contributed by atoms with E-state index < -0.39 is 10.0 Å². The summed E-state index contributed by atoms with van der Waals surface area (Å²) in [5, 5.41) is 0. The number of nitrogens with zero attached hydrogens (tertiary/aromatic N) is 1. The van der Waals surface area contributed by atoms with Crippen LogP contribution in [0.5, 0.6) is 11.5 Å². The van der Waals surface area contributed by atoms with Gasteiger partial charge in [0.05, 0.1) is 12.0 Å². The quantitative estimate of drug-likeness (QED) is 0.381. The van der Waals surface area contributed by atoms with Crippen LogP contribution >= 0.6 is 0 Å². The predicted molar refractivity (Wildman–Crippen MR) is 127 cm³/mol. The van der Waals surface area contributed by atoms with Gasteiger partial charge in [-0.05, 0) is 48.7 Å². The summed E-state index contributed by atoms with van der Waals surface area (Å²) in [7, 11) is -2.01. The Morgan fingerprint density at radius 1 is 0.875 bits per heavy atom. The van der Waals surface area contributed by atoms with Crippen LogP contribution in [0.15, 0.2) is 77.7 Å². The monoisotopic (exact) mass is 453 g/mol. The first-order chi connectivity index (χ1) is 15.4. The molecular weight excluding hydrogens is 422 g/mol. The number of ether oxygens (including phenoxy) is 2. The summed E-state index contributed by atoms with van der Waals surface area (Å²) in [6.07, 6.45) is 1.70. The van der Waals surface area contributed by atoms with Gasteiger partial charge in [0, 0.05) is 13.1 Å². The molecule has 32 heavy (non-hydrogen) atoms. The van der Waals surface area contributed by atoms with Crippen LogP contribution < -0.4 is 9.47 Å². The number of methoxy groups -OCH3 is 1. The molecule has 0 amide bonds. The number of hydrogen-bond donors (Lipinski definition) is 0. The van der Waals surface area contributed by atoms with Gasteiger partial charge in [-0.1, -0.05) is 67.4 Å². The minimum atomic E-state index is -3.60. The van der Waals surface area contributed by atoms with Crippen LogP contribution in [0, 0.1) is 6.92 Å². The number of aryl methyl sites for hydroxylation is 1. The zero-order chi connectivity index (χ0) is 23.0. The molecule has 0 aliphatic carbocycles. The van der Waals surface area contributed by atoms with E-state index in [1.807, 2.05) is 67.6 Å². The van der Waals surface area contributed by atoms with Crippen molar-refractivity contribution >= 4 is 10.0 Å². The van der Waals surface area contributed by atoms with Crippen molar-refractivity contribution in [1.82, 2.24) is 4.31 Å². The highest BCUT2D eigenvalue weighted by Gasteiger charge is 2.24. The molecule has 0 fully saturated rings. The Bertz CT molecular complexity index is 1100. The van der Waals surface area contributed by atoms with Crippen LogP contribution in [0.4, 0.5) is 0 Å². The second kappa shape index (κ2) is 11.2. The second-order valence-corrected chi connectivity index (χ2v) is 9.70. The largest absolute Gasteiger partial charge is 0.493 e. The molecule has 3 aromatic rings. The van der Waals surface area contributed by atoms with E-state index in [2.05, 4.69) is 6.92 Å². The summed E-state index contributed by atoms with van der Waals surface area (Å²) >= 11 is 0. The average Bonchev–Trinajstić information content (AvgIpc) is 2.81. The molecule has 0 aliphatic rings. The predicted octanol–water partition coefficient (Wildman–Crippen LogP) is 5.57. The maximum Gasteiger partial charge on any atom is 0.243 e. The first kappa shape index (κ1) is 23.8. The van der Waals surface area contributed by atoms with Crippen molar-refractivity contribution < 1.29 is 17.9 Å². The molecule has 0 saturated heterocycles. The van der Waals surface area contributed by atoms with Crippen molar-refractivity contribution in [3.8, 4) is 11.5 Å². The lowest BCUT2D eigenvalue weighted by molar-refractivity contribution is 0.284. The Kier molecular flexibility index (Phi) is 8.31. The molecule has 0 aromatic heterocycles. The van der Waals surface area contributed by atoms with E-state index in [1.54, 1.807) is 23.5 Å². The van der Waals surface area contributed by atoms with Crippen LogP contribution in [-0.4, -0.2) is 26.4 Å². The Morgan fingerprint density at radius 3 is 2.25 bits per heavy atom. The maximum absolute atomic E-state index is 13.3. The summed E-state index contributed by atoms with van der Waals surface area (Å²) in [4.78, 5) is 0.314. The van der Waals surface area contributed by atoms with Crippen LogP contribution in [-0.2, 0) is 23.2 Å². The van der Waals surface area contributed by atoms with Crippen molar-refractivity contribution in [1.29, 1.82) is 0 Å². The van der Waals surface area contributed by atoms with Crippen molar-refractivity contribution in [3.05, 3.63) is 89.5 Å². The lowest BCUT2D eigenvalue weighted by Gasteiger charge is -2.23. The molecule has 0 aliphatic heterocycles. The molecule has 0 spiro atoms. The van der Waals surface area contributed by atoms with E-state index in [-0.39, 0.29) is 6.54 Å². The molecule has 0 unspecified atom stereocenters. The standard InChI is InChI=1S/C26H31NO4S/c1-4-5-17-27(32(28,29)24-14-11-21(2)12-15-24)19-23-13-16-25(26(18-23)30-3)31-20-22-9-7-6-8-10-22/h6-16,18H,4-5,17,19-20H2,1-3H3. The third-order valence-corrected chi connectivity index (χ3v) is 7.10. The Hall–Kier alpha value is -2.83. The van der Waals surface area contributed by atoms with Gasteiger partial charge in [0.15, 0.2) is 11.5 Å². The third-order valence-electron chi connectivity index (χ3n) is 5.24. The topological polar surface area (TPSA) is 55.8 Å². The molecule has 0 saturated carbocycles. The summed E-state index contributed by atoms with van der Waals surface area (Å²) in [5.74, 6) is 1.21.